The molecule has 8 nitrogen and oxygen atoms in total. The Bertz CT molecular complexity index is 962. The molecule has 1 amide bonds. The number of hydrogen-bond donors (Lipinski definition) is 0. The maximum absolute atomic E-state index is 12.5. The van der Waals surface area contributed by atoms with Crippen molar-refractivity contribution >= 4 is 40.6 Å². The lowest BCUT2D eigenvalue weighted by molar-refractivity contribution is -0.127. The Kier molecular flexibility index (Phi) is 6.76. The molecule has 0 fully saturated rings. The molecule has 3 aromatic rings. The largest absolute Gasteiger partial charge is 0.497 e. The van der Waals surface area contributed by atoms with E-state index in [1.165, 1.54) is 27.8 Å². The molecule has 148 valence electrons. The number of methoxy groups -OCH3 is 2. The van der Waals surface area contributed by atoms with Gasteiger partial charge in [0.05, 0.1) is 30.9 Å². The topological polar surface area (TPSA) is 82.4 Å². The van der Waals surface area contributed by atoms with Crippen LogP contribution in [0.2, 0.25) is 4.34 Å². The summed E-state index contributed by atoms with van der Waals surface area (Å²) in [7, 11) is 4.90. The second kappa shape index (κ2) is 9.26. The molecule has 0 unspecified atom stereocenters. The van der Waals surface area contributed by atoms with E-state index < -0.39 is 0 Å². The minimum Gasteiger partial charge on any atom is -0.497 e. The molecular formula is C17H18ClN5O3S2. The highest BCUT2D eigenvalue weighted by Crippen LogP contribution is 2.30. The number of rotatable bonds is 8. The van der Waals surface area contributed by atoms with Crippen LogP contribution >= 0.6 is 34.7 Å². The van der Waals surface area contributed by atoms with Crippen molar-refractivity contribution in [3.63, 3.8) is 0 Å². The summed E-state index contributed by atoms with van der Waals surface area (Å²) < 4.78 is 12.9. The maximum Gasteiger partial charge on any atom is 0.233 e. The van der Waals surface area contributed by atoms with Gasteiger partial charge in [0.25, 0.3) is 0 Å². The number of halogens is 1. The summed E-state index contributed by atoms with van der Waals surface area (Å²) in [5.41, 5.74) is 0.628. The third-order valence-electron chi connectivity index (χ3n) is 3.83. The Morgan fingerprint density at radius 3 is 2.79 bits per heavy atom. The summed E-state index contributed by atoms with van der Waals surface area (Å²) in [5, 5.41) is 12.3. The maximum atomic E-state index is 12.5. The first-order valence-electron chi connectivity index (χ1n) is 8.13. The van der Waals surface area contributed by atoms with Crippen LogP contribution < -0.4 is 9.47 Å². The predicted octanol–water partition coefficient (Wildman–Crippen LogP) is 3.15. The van der Waals surface area contributed by atoms with Crippen molar-refractivity contribution in [3.05, 3.63) is 39.5 Å². The number of nitrogens with zero attached hydrogens (tertiary/aromatic N) is 5. The Morgan fingerprint density at radius 2 is 2.11 bits per heavy atom. The van der Waals surface area contributed by atoms with Gasteiger partial charge in [-0.25, -0.2) is 0 Å². The van der Waals surface area contributed by atoms with Gasteiger partial charge in [0.2, 0.25) is 11.1 Å². The Labute approximate surface area is 175 Å². The summed E-state index contributed by atoms with van der Waals surface area (Å²) in [6.07, 6.45) is 0. The van der Waals surface area contributed by atoms with Crippen LogP contribution in [0.4, 0.5) is 0 Å². The van der Waals surface area contributed by atoms with Crippen LogP contribution in [0.1, 0.15) is 4.88 Å². The molecule has 0 radical (unpaired) electrons. The molecule has 0 aliphatic heterocycles. The normalized spacial score (nSPS) is 10.7. The van der Waals surface area contributed by atoms with Gasteiger partial charge in [-0.05, 0) is 34.7 Å². The highest BCUT2D eigenvalue weighted by molar-refractivity contribution is 7.99. The molecule has 0 spiro atoms. The molecule has 0 bridgehead atoms. The molecule has 0 saturated carbocycles. The molecule has 28 heavy (non-hydrogen) atoms. The van der Waals surface area contributed by atoms with Gasteiger partial charge in [-0.1, -0.05) is 23.4 Å². The smallest absolute Gasteiger partial charge is 0.233 e. The molecule has 2 aromatic heterocycles. The summed E-state index contributed by atoms with van der Waals surface area (Å²) in [5.74, 6) is 1.39. The van der Waals surface area contributed by atoms with E-state index in [-0.39, 0.29) is 11.7 Å². The van der Waals surface area contributed by atoms with Gasteiger partial charge in [-0.3, -0.25) is 4.79 Å². The molecular weight excluding hydrogens is 422 g/mol. The summed E-state index contributed by atoms with van der Waals surface area (Å²) in [4.78, 5) is 15.1. The molecule has 0 atom stereocenters. The van der Waals surface area contributed by atoms with Crippen molar-refractivity contribution in [2.24, 2.45) is 0 Å². The van der Waals surface area contributed by atoms with Gasteiger partial charge in [0.1, 0.15) is 17.2 Å². The van der Waals surface area contributed by atoms with Crippen LogP contribution in [0.5, 0.6) is 11.5 Å². The van der Waals surface area contributed by atoms with E-state index in [4.69, 9.17) is 21.1 Å². The summed E-state index contributed by atoms with van der Waals surface area (Å²) in [6, 6.07) is 9.07. The van der Waals surface area contributed by atoms with Gasteiger partial charge in [-0.15, -0.1) is 16.4 Å². The van der Waals surface area contributed by atoms with Gasteiger partial charge in [0.15, 0.2) is 0 Å². The van der Waals surface area contributed by atoms with Gasteiger partial charge in [0, 0.05) is 18.0 Å². The number of ether oxygens (including phenoxy) is 2. The molecule has 0 N–H and O–H groups in total. The number of carbonyl (C=O) groups is 1. The van der Waals surface area contributed by atoms with E-state index in [1.807, 2.05) is 12.1 Å². The molecule has 0 saturated heterocycles. The number of hydrogen-bond acceptors (Lipinski definition) is 8. The number of carbonyl (C=O) groups excluding carboxylic acids is 1. The number of tetrazole rings is 1. The van der Waals surface area contributed by atoms with Crippen LogP contribution in [-0.4, -0.2) is 58.0 Å². The number of benzene rings is 1. The Hall–Kier alpha value is -2.30. The van der Waals surface area contributed by atoms with Crippen LogP contribution in [-0.2, 0) is 11.3 Å². The molecule has 0 aliphatic rings. The minimum absolute atomic E-state index is 0.0401. The Balaban J connectivity index is 1.70. The SMILES string of the molecule is COc1ccc(OC)c(-n2nnnc2SCC(=O)N(C)Cc2ccc(Cl)s2)c1. The zero-order valence-electron chi connectivity index (χ0n) is 15.5. The predicted molar refractivity (Wildman–Crippen MR) is 109 cm³/mol. The van der Waals surface area contributed by atoms with E-state index in [0.717, 1.165) is 4.88 Å². The van der Waals surface area contributed by atoms with Gasteiger partial charge >= 0.3 is 0 Å². The molecule has 11 heteroatoms. The lowest BCUT2D eigenvalue weighted by atomic mass is 10.3. The fourth-order valence-corrected chi connectivity index (χ4v) is 4.34. The second-order valence-corrected chi connectivity index (χ2v) is 8.40. The monoisotopic (exact) mass is 439 g/mol. The van der Waals surface area contributed by atoms with E-state index in [1.54, 1.807) is 44.4 Å². The number of aromatic nitrogens is 4. The van der Waals surface area contributed by atoms with E-state index in [2.05, 4.69) is 15.5 Å². The average molecular weight is 440 g/mol. The van der Waals surface area contributed by atoms with Crippen LogP contribution in [0.3, 0.4) is 0 Å². The zero-order valence-corrected chi connectivity index (χ0v) is 17.8. The number of amides is 1. The quantitative estimate of drug-likeness (QED) is 0.498. The first-order valence-corrected chi connectivity index (χ1v) is 10.3. The summed E-state index contributed by atoms with van der Waals surface area (Å²) >= 11 is 8.65. The van der Waals surface area contributed by atoms with Crippen LogP contribution in [0, 0.1) is 0 Å². The van der Waals surface area contributed by atoms with Gasteiger partial charge in [-0.2, -0.15) is 4.68 Å². The minimum atomic E-state index is -0.0401. The summed E-state index contributed by atoms with van der Waals surface area (Å²) in [6.45, 7) is 0.505. The Morgan fingerprint density at radius 1 is 1.29 bits per heavy atom. The van der Waals surface area contributed by atoms with Crippen LogP contribution in [0.15, 0.2) is 35.5 Å². The van der Waals surface area contributed by atoms with Gasteiger partial charge < -0.3 is 14.4 Å². The highest BCUT2D eigenvalue weighted by atomic mass is 35.5. The van der Waals surface area contributed by atoms with E-state index in [9.17, 15) is 4.79 Å². The van der Waals surface area contributed by atoms with Crippen molar-refractivity contribution < 1.29 is 14.3 Å². The standard InChI is InChI=1S/C17H18ClN5O3S2/c1-22(9-12-5-7-15(18)28-12)16(24)10-27-17-19-20-21-23(17)13-8-11(25-2)4-6-14(13)26-3/h4-8H,9-10H2,1-3H3. The van der Waals surface area contributed by atoms with E-state index in [0.29, 0.717) is 33.2 Å². The van der Waals surface area contributed by atoms with Crippen LogP contribution in [0.25, 0.3) is 5.69 Å². The number of thiophene rings is 1. The molecule has 0 aliphatic carbocycles. The van der Waals surface area contributed by atoms with Crippen molar-refractivity contribution in [1.82, 2.24) is 25.1 Å². The lowest BCUT2D eigenvalue weighted by Gasteiger charge is -2.16. The zero-order chi connectivity index (χ0) is 20.1. The highest BCUT2D eigenvalue weighted by Gasteiger charge is 2.17. The third kappa shape index (κ3) is 4.75. The third-order valence-corrected chi connectivity index (χ3v) is 5.95. The molecule has 2 heterocycles. The fourth-order valence-electron chi connectivity index (χ4n) is 2.38. The number of thioether (sulfide) groups is 1. The second-order valence-electron chi connectivity index (χ2n) is 5.66. The van der Waals surface area contributed by atoms with Crippen molar-refractivity contribution in [1.29, 1.82) is 0 Å². The van der Waals surface area contributed by atoms with E-state index >= 15 is 0 Å². The van der Waals surface area contributed by atoms with Crippen molar-refractivity contribution in [2.75, 3.05) is 27.0 Å². The van der Waals surface area contributed by atoms with Crippen molar-refractivity contribution in [3.8, 4) is 17.2 Å². The first-order chi connectivity index (χ1) is 13.5. The van der Waals surface area contributed by atoms with Crippen molar-refractivity contribution in [2.45, 2.75) is 11.7 Å². The average Bonchev–Trinajstić information content (AvgIpc) is 3.34. The lowest BCUT2D eigenvalue weighted by Crippen LogP contribution is -2.27. The fraction of sp³-hybridized carbons (Fsp3) is 0.294. The molecule has 3 rings (SSSR count). The first kappa shape index (κ1) is 20.4. The molecule has 1 aromatic carbocycles.